The molecule has 0 aromatic heterocycles. The molecule has 4 atom stereocenters. The van der Waals surface area contributed by atoms with E-state index in [1.165, 1.54) is 0 Å². The number of nitriles is 1. The van der Waals surface area contributed by atoms with Gasteiger partial charge in [0.05, 0.1) is 28.4 Å². The van der Waals surface area contributed by atoms with Crippen molar-refractivity contribution < 1.29 is 27.9 Å². The molecule has 2 amide bonds. The smallest absolute Gasteiger partial charge is 0.405 e. The average molecular weight is 500 g/mol. The number of aryl methyl sites for hydroxylation is 1. The molecule has 1 aromatic carbocycles. The summed E-state index contributed by atoms with van der Waals surface area (Å²) in [6.45, 7) is 6.69. The summed E-state index contributed by atoms with van der Waals surface area (Å²) in [5.74, 6) is -0.155. The molecule has 1 saturated heterocycles. The SMILES string of the molecule is Cc1cc(Cl)ccc1S(=O)(=O)[C@@H]1CC[C@@H](C(=O)N2C[C@@H](C)O[C@@H](C)C2)C1.N#CCNC(=O)O. The second-order valence-corrected chi connectivity index (χ2v) is 11.0. The fourth-order valence-corrected chi connectivity index (χ4v) is 6.57. The molecule has 1 saturated carbocycles. The van der Waals surface area contributed by atoms with Crippen molar-refractivity contribution in [2.75, 3.05) is 19.6 Å². The van der Waals surface area contributed by atoms with E-state index in [1.54, 1.807) is 31.2 Å². The summed E-state index contributed by atoms with van der Waals surface area (Å²) in [5.41, 5.74) is 0.656. The molecule has 33 heavy (non-hydrogen) atoms. The molecule has 1 aromatic rings. The lowest BCUT2D eigenvalue weighted by Crippen LogP contribution is -2.49. The molecule has 0 spiro atoms. The summed E-state index contributed by atoms with van der Waals surface area (Å²) in [5, 5.41) is 17.4. The fourth-order valence-electron chi connectivity index (χ4n) is 4.29. The lowest BCUT2D eigenvalue weighted by molar-refractivity contribution is -0.147. The van der Waals surface area contributed by atoms with Crippen LogP contribution in [0.4, 0.5) is 4.79 Å². The number of halogens is 1. The first kappa shape index (κ1) is 26.9. The second-order valence-electron chi connectivity index (χ2n) is 8.40. The van der Waals surface area contributed by atoms with E-state index in [2.05, 4.69) is 0 Å². The van der Waals surface area contributed by atoms with Gasteiger partial charge in [-0.2, -0.15) is 5.26 Å². The number of carbonyl (C=O) groups is 2. The van der Waals surface area contributed by atoms with Gasteiger partial charge in [-0.25, -0.2) is 13.2 Å². The van der Waals surface area contributed by atoms with Crippen molar-refractivity contribution in [1.82, 2.24) is 10.2 Å². The third-order valence-corrected chi connectivity index (χ3v) is 8.28. The fraction of sp³-hybridized carbons (Fsp3) is 0.591. The second kappa shape index (κ2) is 11.7. The van der Waals surface area contributed by atoms with Crippen LogP contribution in [0.2, 0.25) is 5.02 Å². The van der Waals surface area contributed by atoms with E-state index in [1.807, 2.05) is 24.1 Å². The topological polar surface area (TPSA) is 137 Å². The standard InChI is InChI=1S/C19H26ClNO4S.C3H4N2O2/c1-12-8-16(20)5-7-18(12)26(23,24)17-6-4-15(9-17)19(22)21-10-13(2)25-14(3)11-21;4-1-2-5-3(6)7/h5,7-8,13-15,17H,4,6,9-11H2,1-3H3;5H,2H2,(H,6,7)/t13-,14+,15-,17-;/m1./s1. The van der Waals surface area contributed by atoms with E-state index in [0.717, 1.165) is 0 Å². The molecule has 1 aliphatic carbocycles. The zero-order chi connectivity index (χ0) is 24.8. The van der Waals surface area contributed by atoms with Crippen LogP contribution < -0.4 is 5.32 Å². The van der Waals surface area contributed by atoms with Crippen LogP contribution in [-0.4, -0.2) is 67.5 Å². The third-order valence-electron chi connectivity index (χ3n) is 5.67. The molecule has 0 bridgehead atoms. The van der Waals surface area contributed by atoms with E-state index in [4.69, 9.17) is 26.7 Å². The maximum Gasteiger partial charge on any atom is 0.405 e. The van der Waals surface area contributed by atoms with Crippen molar-refractivity contribution >= 4 is 33.4 Å². The molecule has 11 heteroatoms. The van der Waals surface area contributed by atoms with Crippen molar-refractivity contribution in [2.24, 2.45) is 5.92 Å². The van der Waals surface area contributed by atoms with Crippen LogP contribution in [0.3, 0.4) is 0 Å². The Labute approximate surface area is 199 Å². The summed E-state index contributed by atoms with van der Waals surface area (Å²) < 4.78 is 31.7. The Morgan fingerprint density at radius 1 is 1.27 bits per heavy atom. The van der Waals surface area contributed by atoms with Gasteiger partial charge in [-0.05, 0) is 63.8 Å². The van der Waals surface area contributed by atoms with Gasteiger partial charge in [0.1, 0.15) is 6.54 Å². The van der Waals surface area contributed by atoms with Crippen molar-refractivity contribution in [2.45, 2.75) is 62.4 Å². The highest BCUT2D eigenvalue weighted by Gasteiger charge is 2.41. The molecule has 1 aliphatic heterocycles. The summed E-state index contributed by atoms with van der Waals surface area (Å²) in [7, 11) is -3.46. The number of hydrogen-bond acceptors (Lipinski definition) is 6. The van der Waals surface area contributed by atoms with Gasteiger partial charge < -0.3 is 20.1 Å². The Kier molecular flexibility index (Phi) is 9.52. The summed E-state index contributed by atoms with van der Waals surface area (Å²) in [6.07, 6.45) is 0.400. The van der Waals surface area contributed by atoms with Gasteiger partial charge >= 0.3 is 6.09 Å². The van der Waals surface area contributed by atoms with E-state index >= 15 is 0 Å². The van der Waals surface area contributed by atoms with E-state index in [9.17, 15) is 18.0 Å². The van der Waals surface area contributed by atoms with E-state index in [-0.39, 0.29) is 30.6 Å². The number of benzene rings is 1. The zero-order valence-electron chi connectivity index (χ0n) is 19.0. The normalized spacial score (nSPS) is 24.9. The van der Waals surface area contributed by atoms with Crippen LogP contribution in [0.5, 0.6) is 0 Å². The molecule has 2 fully saturated rings. The number of nitrogens with zero attached hydrogens (tertiary/aromatic N) is 2. The molecule has 0 unspecified atom stereocenters. The predicted molar refractivity (Wildman–Crippen MR) is 123 cm³/mol. The largest absolute Gasteiger partial charge is 0.465 e. The highest BCUT2D eigenvalue weighted by molar-refractivity contribution is 7.92. The summed E-state index contributed by atoms with van der Waals surface area (Å²) in [6, 6.07) is 6.46. The number of morpholine rings is 1. The molecule has 1 heterocycles. The molecule has 2 aliphatic rings. The number of rotatable bonds is 4. The monoisotopic (exact) mass is 499 g/mol. The van der Waals surface area contributed by atoms with Gasteiger partial charge in [-0.1, -0.05) is 11.6 Å². The average Bonchev–Trinajstić information content (AvgIpc) is 3.22. The maximum atomic E-state index is 13.0. The predicted octanol–water partition coefficient (Wildman–Crippen LogP) is 3.00. The number of carbonyl (C=O) groups excluding carboxylic acids is 1. The summed E-state index contributed by atoms with van der Waals surface area (Å²) >= 11 is 5.95. The Bertz CT molecular complexity index is 1000. The van der Waals surface area contributed by atoms with Crippen LogP contribution in [-0.2, 0) is 19.4 Å². The first-order valence-corrected chi connectivity index (χ1v) is 12.7. The van der Waals surface area contributed by atoms with Crippen LogP contribution in [0.15, 0.2) is 23.1 Å². The lowest BCUT2D eigenvalue weighted by atomic mass is 10.1. The van der Waals surface area contributed by atoms with Gasteiger partial charge in [0.25, 0.3) is 0 Å². The van der Waals surface area contributed by atoms with Crippen molar-refractivity contribution in [3.05, 3.63) is 28.8 Å². The molecular weight excluding hydrogens is 470 g/mol. The number of hydrogen-bond donors (Lipinski definition) is 2. The number of ether oxygens (including phenoxy) is 1. The Morgan fingerprint density at radius 2 is 1.91 bits per heavy atom. The van der Waals surface area contributed by atoms with Gasteiger partial charge in [0.2, 0.25) is 5.91 Å². The Hall–Kier alpha value is -2.35. The zero-order valence-corrected chi connectivity index (χ0v) is 20.5. The minimum atomic E-state index is -3.46. The van der Waals surface area contributed by atoms with Crippen LogP contribution in [0.25, 0.3) is 0 Å². The number of carboxylic acid groups (broad SMARTS) is 1. The van der Waals surface area contributed by atoms with Crippen molar-refractivity contribution in [1.29, 1.82) is 5.26 Å². The van der Waals surface area contributed by atoms with Gasteiger partial charge in [-0.15, -0.1) is 0 Å². The van der Waals surface area contributed by atoms with Crippen LogP contribution in [0, 0.1) is 24.2 Å². The third kappa shape index (κ3) is 7.32. The molecule has 9 nitrogen and oxygen atoms in total. The minimum absolute atomic E-state index is 0.0142. The molecule has 0 radical (unpaired) electrons. The molecular formula is C22H30ClN3O6S. The number of sulfone groups is 1. The van der Waals surface area contributed by atoms with Gasteiger partial charge in [0.15, 0.2) is 9.84 Å². The maximum absolute atomic E-state index is 13.0. The number of nitrogens with one attached hydrogen (secondary N) is 1. The van der Waals surface area contributed by atoms with Crippen molar-refractivity contribution in [3.8, 4) is 6.07 Å². The van der Waals surface area contributed by atoms with Gasteiger partial charge in [0, 0.05) is 24.0 Å². The first-order valence-electron chi connectivity index (χ1n) is 10.7. The Balaban J connectivity index is 0.000000479. The summed E-state index contributed by atoms with van der Waals surface area (Å²) in [4.78, 5) is 24.5. The lowest BCUT2D eigenvalue weighted by Gasteiger charge is -2.36. The quantitative estimate of drug-likeness (QED) is 0.607. The number of amides is 2. The molecule has 2 N–H and O–H groups in total. The van der Waals surface area contributed by atoms with E-state index < -0.39 is 21.2 Å². The van der Waals surface area contributed by atoms with Crippen LogP contribution in [0.1, 0.15) is 38.7 Å². The highest BCUT2D eigenvalue weighted by Crippen LogP contribution is 2.36. The molecule has 3 rings (SSSR count). The minimum Gasteiger partial charge on any atom is -0.465 e. The molecule has 182 valence electrons. The highest BCUT2D eigenvalue weighted by atomic mass is 35.5. The Morgan fingerprint density at radius 3 is 2.42 bits per heavy atom. The van der Waals surface area contributed by atoms with E-state index in [0.29, 0.717) is 47.8 Å². The first-order chi connectivity index (χ1) is 15.4. The van der Waals surface area contributed by atoms with Gasteiger partial charge in [-0.3, -0.25) is 4.79 Å². The van der Waals surface area contributed by atoms with Crippen molar-refractivity contribution in [3.63, 3.8) is 0 Å². The van der Waals surface area contributed by atoms with Crippen LogP contribution >= 0.6 is 11.6 Å².